The fourth-order valence-electron chi connectivity index (χ4n) is 1.75. The molecule has 0 saturated carbocycles. The summed E-state index contributed by atoms with van der Waals surface area (Å²) in [5.74, 6) is -0.954. The van der Waals surface area contributed by atoms with Crippen LogP contribution in [0.2, 0.25) is 0 Å². The molecule has 0 aliphatic carbocycles. The van der Waals surface area contributed by atoms with E-state index in [9.17, 15) is 14.7 Å². The molecule has 0 aliphatic heterocycles. The molecular weight excluding hydrogens is 272 g/mol. The van der Waals surface area contributed by atoms with Crippen molar-refractivity contribution in [3.05, 3.63) is 12.7 Å². The SMILES string of the molecule is C=CC(=O)OCC(O)COC(=O)C(C)(C)CCCCCC. The number of aliphatic hydroxyl groups is 1. The van der Waals surface area contributed by atoms with E-state index >= 15 is 0 Å². The van der Waals surface area contributed by atoms with Crippen molar-refractivity contribution in [3.8, 4) is 0 Å². The third kappa shape index (κ3) is 9.24. The molecule has 1 unspecified atom stereocenters. The summed E-state index contributed by atoms with van der Waals surface area (Å²) in [4.78, 5) is 22.8. The van der Waals surface area contributed by atoms with Crippen LogP contribution in [0.4, 0.5) is 0 Å². The number of carbonyl (C=O) groups is 2. The van der Waals surface area contributed by atoms with Gasteiger partial charge in [0.15, 0.2) is 0 Å². The molecule has 0 aromatic heterocycles. The third-order valence-corrected chi connectivity index (χ3v) is 3.20. The molecular formula is C16H28O5. The average Bonchev–Trinajstić information content (AvgIpc) is 2.46. The van der Waals surface area contributed by atoms with E-state index in [1.165, 1.54) is 6.42 Å². The Morgan fingerprint density at radius 2 is 1.81 bits per heavy atom. The number of ether oxygens (including phenoxy) is 2. The van der Waals surface area contributed by atoms with Crippen LogP contribution < -0.4 is 0 Å². The van der Waals surface area contributed by atoms with E-state index in [0.29, 0.717) is 0 Å². The van der Waals surface area contributed by atoms with Crippen molar-refractivity contribution in [2.75, 3.05) is 13.2 Å². The Balaban J connectivity index is 3.99. The van der Waals surface area contributed by atoms with Crippen LogP contribution in [-0.4, -0.2) is 36.4 Å². The van der Waals surface area contributed by atoms with Gasteiger partial charge in [-0.15, -0.1) is 0 Å². The highest BCUT2D eigenvalue weighted by Crippen LogP contribution is 2.25. The second-order valence-electron chi connectivity index (χ2n) is 5.78. The Hall–Kier alpha value is -1.36. The summed E-state index contributed by atoms with van der Waals surface area (Å²) in [6.07, 6.45) is 5.15. The Kier molecular flexibility index (Phi) is 9.71. The quantitative estimate of drug-likeness (QED) is 0.361. The maximum absolute atomic E-state index is 12.0. The summed E-state index contributed by atoms with van der Waals surface area (Å²) in [6.45, 7) is 8.67. The molecule has 0 heterocycles. The summed E-state index contributed by atoms with van der Waals surface area (Å²) in [6, 6.07) is 0. The lowest BCUT2D eigenvalue weighted by molar-refractivity contribution is -0.159. The van der Waals surface area contributed by atoms with Crippen molar-refractivity contribution >= 4 is 11.9 Å². The van der Waals surface area contributed by atoms with Gasteiger partial charge in [-0.1, -0.05) is 39.2 Å². The summed E-state index contributed by atoms with van der Waals surface area (Å²) in [5.41, 5.74) is -0.564. The highest BCUT2D eigenvalue weighted by atomic mass is 16.6. The monoisotopic (exact) mass is 300 g/mol. The van der Waals surface area contributed by atoms with Gasteiger partial charge in [0, 0.05) is 6.08 Å². The van der Waals surface area contributed by atoms with Crippen molar-refractivity contribution in [2.45, 2.75) is 59.0 Å². The zero-order valence-electron chi connectivity index (χ0n) is 13.4. The third-order valence-electron chi connectivity index (χ3n) is 3.20. The van der Waals surface area contributed by atoms with Crippen molar-refractivity contribution in [1.82, 2.24) is 0 Å². The molecule has 0 radical (unpaired) electrons. The van der Waals surface area contributed by atoms with Crippen LogP contribution in [0.3, 0.4) is 0 Å². The summed E-state index contributed by atoms with van der Waals surface area (Å²) < 4.78 is 9.75. The molecule has 0 aromatic rings. The first-order valence-corrected chi connectivity index (χ1v) is 7.48. The molecule has 21 heavy (non-hydrogen) atoms. The fourth-order valence-corrected chi connectivity index (χ4v) is 1.75. The number of hydrogen-bond donors (Lipinski definition) is 1. The number of hydrogen-bond acceptors (Lipinski definition) is 5. The highest BCUT2D eigenvalue weighted by molar-refractivity contribution is 5.81. The lowest BCUT2D eigenvalue weighted by atomic mass is 9.87. The first kappa shape index (κ1) is 19.6. The zero-order chi connectivity index (χ0) is 16.3. The number of carbonyl (C=O) groups excluding carboxylic acids is 2. The second-order valence-corrected chi connectivity index (χ2v) is 5.78. The standard InChI is InChI=1S/C16H28O5/c1-5-7-8-9-10-16(3,4)15(19)21-12-13(17)11-20-14(18)6-2/h6,13,17H,2,5,7-12H2,1,3-4H3. The van der Waals surface area contributed by atoms with Gasteiger partial charge in [0.25, 0.3) is 0 Å². The van der Waals surface area contributed by atoms with Crippen LogP contribution in [0.1, 0.15) is 52.9 Å². The fraction of sp³-hybridized carbons (Fsp3) is 0.750. The molecule has 0 fully saturated rings. The van der Waals surface area contributed by atoms with Crippen LogP contribution in [0.25, 0.3) is 0 Å². The molecule has 0 bridgehead atoms. The van der Waals surface area contributed by atoms with Crippen LogP contribution >= 0.6 is 0 Å². The van der Waals surface area contributed by atoms with Gasteiger partial charge in [0.1, 0.15) is 19.3 Å². The van der Waals surface area contributed by atoms with Gasteiger partial charge in [-0.05, 0) is 20.3 Å². The molecule has 1 N–H and O–H groups in total. The molecule has 0 saturated heterocycles. The molecule has 122 valence electrons. The molecule has 5 nitrogen and oxygen atoms in total. The predicted molar refractivity (Wildman–Crippen MR) is 80.7 cm³/mol. The summed E-state index contributed by atoms with van der Waals surface area (Å²) >= 11 is 0. The predicted octanol–water partition coefficient (Wildman–Crippen LogP) is 2.62. The molecule has 0 spiro atoms. The second kappa shape index (κ2) is 10.4. The molecule has 0 rings (SSSR count). The van der Waals surface area contributed by atoms with Crippen LogP contribution in [-0.2, 0) is 19.1 Å². The van der Waals surface area contributed by atoms with Gasteiger partial charge >= 0.3 is 11.9 Å². The Morgan fingerprint density at radius 1 is 1.19 bits per heavy atom. The van der Waals surface area contributed by atoms with Gasteiger partial charge in [-0.3, -0.25) is 4.79 Å². The Bertz CT molecular complexity index is 336. The number of esters is 2. The number of rotatable bonds is 11. The minimum atomic E-state index is -1.02. The molecule has 0 aliphatic rings. The number of aliphatic hydroxyl groups excluding tert-OH is 1. The Labute approximate surface area is 127 Å². The molecule has 0 aromatic carbocycles. The van der Waals surface area contributed by atoms with E-state index < -0.39 is 17.5 Å². The molecule has 5 heteroatoms. The van der Waals surface area contributed by atoms with Gasteiger partial charge in [0.2, 0.25) is 0 Å². The lowest BCUT2D eigenvalue weighted by Crippen LogP contribution is -2.31. The van der Waals surface area contributed by atoms with Crippen molar-refractivity contribution in [3.63, 3.8) is 0 Å². The summed E-state index contributed by atoms with van der Waals surface area (Å²) in [7, 11) is 0. The van der Waals surface area contributed by atoms with Crippen LogP contribution in [0.15, 0.2) is 12.7 Å². The van der Waals surface area contributed by atoms with Crippen molar-refractivity contribution in [1.29, 1.82) is 0 Å². The largest absolute Gasteiger partial charge is 0.462 e. The van der Waals surface area contributed by atoms with E-state index in [2.05, 4.69) is 18.2 Å². The van der Waals surface area contributed by atoms with Gasteiger partial charge < -0.3 is 14.6 Å². The Morgan fingerprint density at radius 3 is 2.38 bits per heavy atom. The molecule has 1 atom stereocenters. The maximum Gasteiger partial charge on any atom is 0.330 e. The van der Waals surface area contributed by atoms with E-state index in [1.54, 1.807) is 0 Å². The van der Waals surface area contributed by atoms with E-state index in [0.717, 1.165) is 31.8 Å². The maximum atomic E-state index is 12.0. The van der Waals surface area contributed by atoms with Crippen LogP contribution in [0.5, 0.6) is 0 Å². The zero-order valence-corrected chi connectivity index (χ0v) is 13.4. The topological polar surface area (TPSA) is 72.8 Å². The van der Waals surface area contributed by atoms with E-state index in [4.69, 9.17) is 4.74 Å². The van der Waals surface area contributed by atoms with Crippen molar-refractivity contribution in [2.24, 2.45) is 5.41 Å². The van der Waals surface area contributed by atoms with E-state index in [1.807, 2.05) is 13.8 Å². The lowest BCUT2D eigenvalue weighted by Gasteiger charge is -2.23. The van der Waals surface area contributed by atoms with Gasteiger partial charge in [0.05, 0.1) is 5.41 Å². The minimum Gasteiger partial charge on any atom is -0.462 e. The minimum absolute atomic E-state index is 0.179. The highest BCUT2D eigenvalue weighted by Gasteiger charge is 2.29. The smallest absolute Gasteiger partial charge is 0.330 e. The molecule has 0 amide bonds. The first-order valence-electron chi connectivity index (χ1n) is 7.48. The number of unbranched alkanes of at least 4 members (excludes halogenated alkanes) is 3. The normalized spacial score (nSPS) is 12.6. The first-order chi connectivity index (χ1) is 9.83. The average molecular weight is 300 g/mol. The van der Waals surface area contributed by atoms with Crippen LogP contribution in [0, 0.1) is 5.41 Å². The van der Waals surface area contributed by atoms with Gasteiger partial charge in [-0.25, -0.2) is 4.79 Å². The van der Waals surface area contributed by atoms with E-state index in [-0.39, 0.29) is 19.2 Å². The van der Waals surface area contributed by atoms with Crippen molar-refractivity contribution < 1.29 is 24.2 Å². The van der Waals surface area contributed by atoms with Gasteiger partial charge in [-0.2, -0.15) is 0 Å². The summed E-state index contributed by atoms with van der Waals surface area (Å²) in [5, 5.41) is 9.57.